The lowest BCUT2D eigenvalue weighted by Crippen LogP contribution is -2.32. The van der Waals surface area contributed by atoms with Crippen LogP contribution >= 0.6 is 0 Å². The Kier molecular flexibility index (Phi) is 3.30. The summed E-state index contributed by atoms with van der Waals surface area (Å²) in [6.45, 7) is 1.52. The Morgan fingerprint density at radius 1 is 1.16 bits per heavy atom. The molecule has 108 valence electrons. The summed E-state index contributed by atoms with van der Waals surface area (Å²) in [5, 5.41) is 3.28. The van der Waals surface area contributed by atoms with Crippen molar-refractivity contribution in [2.45, 2.75) is 51.0 Å². The number of halogens is 6. The maximum absolute atomic E-state index is 13.8. The SMILES string of the molecule is CCCn1nc(C(F)F)c2c1C(F)(F)CCC2(F)F. The molecule has 0 unspecified atom stereocenters. The number of fused-ring (bicyclic) bond motifs is 1. The molecule has 1 aliphatic rings. The van der Waals surface area contributed by atoms with Gasteiger partial charge in [-0.05, 0) is 6.42 Å². The van der Waals surface area contributed by atoms with Crippen molar-refractivity contribution >= 4 is 0 Å². The zero-order chi connectivity index (χ0) is 14.4. The zero-order valence-corrected chi connectivity index (χ0v) is 10.1. The lowest BCUT2D eigenvalue weighted by molar-refractivity contribution is -0.101. The summed E-state index contributed by atoms with van der Waals surface area (Å²) >= 11 is 0. The van der Waals surface area contributed by atoms with Crippen LogP contribution < -0.4 is 0 Å². The summed E-state index contributed by atoms with van der Waals surface area (Å²) in [4.78, 5) is 0. The zero-order valence-electron chi connectivity index (χ0n) is 10.1. The van der Waals surface area contributed by atoms with Gasteiger partial charge in [0.1, 0.15) is 11.4 Å². The fraction of sp³-hybridized carbons (Fsp3) is 0.727. The molecule has 0 N–H and O–H groups in total. The molecule has 0 radical (unpaired) electrons. The molecule has 8 heteroatoms. The molecule has 1 aliphatic carbocycles. The quantitative estimate of drug-likeness (QED) is 0.761. The summed E-state index contributed by atoms with van der Waals surface area (Å²) in [5.41, 5.74) is -3.57. The fourth-order valence-electron chi connectivity index (χ4n) is 2.30. The first-order chi connectivity index (χ1) is 8.70. The molecule has 0 bridgehead atoms. The highest BCUT2D eigenvalue weighted by Crippen LogP contribution is 2.52. The van der Waals surface area contributed by atoms with Gasteiger partial charge >= 0.3 is 0 Å². The standard InChI is InChI=1S/C11H12F6N2/c1-2-5-19-8-6(7(18-19)9(12)13)10(14,15)3-4-11(8,16)17/h9H,2-5H2,1H3. The van der Waals surface area contributed by atoms with Crippen LogP contribution in [0.25, 0.3) is 0 Å². The van der Waals surface area contributed by atoms with Crippen molar-refractivity contribution in [2.75, 3.05) is 0 Å². The molecule has 0 saturated carbocycles. The second-order valence-electron chi connectivity index (χ2n) is 4.54. The molecule has 1 heterocycles. The summed E-state index contributed by atoms with van der Waals surface area (Å²) < 4.78 is 81.0. The van der Waals surface area contributed by atoms with E-state index in [1.54, 1.807) is 6.92 Å². The molecule has 0 fully saturated rings. The molecule has 2 nitrogen and oxygen atoms in total. The van der Waals surface area contributed by atoms with Crippen molar-refractivity contribution in [3.63, 3.8) is 0 Å². The minimum absolute atomic E-state index is 0.0965. The molecule has 1 aromatic rings. The van der Waals surface area contributed by atoms with Gasteiger partial charge < -0.3 is 0 Å². The van der Waals surface area contributed by atoms with E-state index in [4.69, 9.17) is 0 Å². The first-order valence-electron chi connectivity index (χ1n) is 5.86. The predicted octanol–water partition coefficient (Wildman–Crippen LogP) is 4.21. The van der Waals surface area contributed by atoms with E-state index < -0.39 is 48.1 Å². The van der Waals surface area contributed by atoms with Crippen LogP contribution in [0.1, 0.15) is 49.6 Å². The highest BCUT2D eigenvalue weighted by molar-refractivity contribution is 5.37. The van der Waals surface area contributed by atoms with Gasteiger partial charge in [-0.25, -0.2) is 17.6 Å². The Bertz CT molecular complexity index is 480. The van der Waals surface area contributed by atoms with Gasteiger partial charge in [0.05, 0.1) is 5.56 Å². The third-order valence-electron chi connectivity index (χ3n) is 3.09. The van der Waals surface area contributed by atoms with Crippen LogP contribution in [0.3, 0.4) is 0 Å². The number of hydrogen-bond acceptors (Lipinski definition) is 1. The van der Waals surface area contributed by atoms with E-state index in [1.165, 1.54) is 0 Å². The first kappa shape index (κ1) is 14.2. The highest BCUT2D eigenvalue weighted by Gasteiger charge is 2.54. The Morgan fingerprint density at radius 3 is 2.26 bits per heavy atom. The lowest BCUT2D eigenvalue weighted by Gasteiger charge is -2.29. The summed E-state index contributed by atoms with van der Waals surface area (Å²) in [6.07, 6.45) is -5.18. The van der Waals surface area contributed by atoms with Gasteiger partial charge in [-0.1, -0.05) is 6.92 Å². The number of aryl methyl sites for hydroxylation is 1. The predicted molar refractivity (Wildman–Crippen MR) is 54.5 cm³/mol. The maximum Gasteiger partial charge on any atom is 0.290 e. The average Bonchev–Trinajstić information content (AvgIpc) is 2.67. The Labute approximate surface area is 105 Å². The topological polar surface area (TPSA) is 17.8 Å². The fourth-order valence-corrected chi connectivity index (χ4v) is 2.30. The van der Waals surface area contributed by atoms with Gasteiger partial charge in [0.25, 0.3) is 18.3 Å². The van der Waals surface area contributed by atoms with Crippen LogP contribution in [0.2, 0.25) is 0 Å². The average molecular weight is 286 g/mol. The van der Waals surface area contributed by atoms with Crippen molar-refractivity contribution in [1.82, 2.24) is 9.78 Å². The molecule has 0 aliphatic heterocycles. The van der Waals surface area contributed by atoms with Gasteiger partial charge in [0.2, 0.25) is 0 Å². The number of nitrogens with zero attached hydrogens (tertiary/aromatic N) is 2. The smallest absolute Gasteiger partial charge is 0.262 e. The first-order valence-corrected chi connectivity index (χ1v) is 5.86. The third kappa shape index (κ3) is 2.21. The van der Waals surface area contributed by atoms with Crippen molar-refractivity contribution in [2.24, 2.45) is 0 Å². The van der Waals surface area contributed by atoms with E-state index in [-0.39, 0.29) is 6.54 Å². The molecule has 0 aromatic carbocycles. The number of alkyl halides is 6. The lowest BCUT2D eigenvalue weighted by atomic mass is 9.89. The molecule has 0 amide bonds. The van der Waals surface area contributed by atoms with Gasteiger partial charge in [0, 0.05) is 19.4 Å². The van der Waals surface area contributed by atoms with Crippen LogP contribution in [-0.2, 0) is 18.4 Å². The minimum Gasteiger partial charge on any atom is -0.262 e. The molecule has 0 saturated heterocycles. The van der Waals surface area contributed by atoms with Crippen LogP contribution in [0.5, 0.6) is 0 Å². The van der Waals surface area contributed by atoms with E-state index in [2.05, 4.69) is 5.10 Å². The second-order valence-corrected chi connectivity index (χ2v) is 4.54. The Balaban J connectivity index is 2.70. The summed E-state index contributed by atoms with van der Waals surface area (Å²) in [6, 6.07) is 0. The van der Waals surface area contributed by atoms with Gasteiger partial charge in [0.15, 0.2) is 0 Å². The molecule has 1 aromatic heterocycles. The van der Waals surface area contributed by atoms with Crippen molar-refractivity contribution in [1.29, 1.82) is 0 Å². The minimum atomic E-state index is -3.69. The van der Waals surface area contributed by atoms with Gasteiger partial charge in [-0.2, -0.15) is 13.9 Å². The van der Waals surface area contributed by atoms with Crippen molar-refractivity contribution in [3.05, 3.63) is 17.0 Å². The van der Waals surface area contributed by atoms with E-state index >= 15 is 0 Å². The third-order valence-corrected chi connectivity index (χ3v) is 3.09. The monoisotopic (exact) mass is 286 g/mol. The summed E-state index contributed by atoms with van der Waals surface area (Å²) in [5.74, 6) is -7.24. The molecule has 0 atom stereocenters. The number of hydrogen-bond donors (Lipinski definition) is 0. The van der Waals surface area contributed by atoms with Crippen molar-refractivity contribution < 1.29 is 26.3 Å². The molecular weight excluding hydrogens is 274 g/mol. The van der Waals surface area contributed by atoms with E-state index in [9.17, 15) is 26.3 Å². The maximum atomic E-state index is 13.8. The van der Waals surface area contributed by atoms with Crippen LogP contribution in [0.4, 0.5) is 26.3 Å². The van der Waals surface area contributed by atoms with Crippen molar-refractivity contribution in [3.8, 4) is 0 Å². The molecule has 0 spiro atoms. The normalized spacial score (nSPS) is 20.6. The summed E-state index contributed by atoms with van der Waals surface area (Å²) in [7, 11) is 0. The van der Waals surface area contributed by atoms with Gasteiger partial charge in [-0.15, -0.1) is 0 Å². The van der Waals surface area contributed by atoms with Crippen LogP contribution in [0, 0.1) is 0 Å². The molecular formula is C11H12F6N2. The van der Waals surface area contributed by atoms with E-state index in [1.807, 2.05) is 0 Å². The van der Waals surface area contributed by atoms with Crippen LogP contribution in [-0.4, -0.2) is 9.78 Å². The van der Waals surface area contributed by atoms with E-state index in [0.717, 1.165) is 0 Å². The Morgan fingerprint density at radius 2 is 1.74 bits per heavy atom. The van der Waals surface area contributed by atoms with Crippen LogP contribution in [0.15, 0.2) is 0 Å². The molecule has 19 heavy (non-hydrogen) atoms. The highest BCUT2D eigenvalue weighted by atomic mass is 19.3. The Hall–Kier alpha value is -1.21. The number of aromatic nitrogens is 2. The largest absolute Gasteiger partial charge is 0.290 e. The molecule has 2 rings (SSSR count). The second kappa shape index (κ2) is 4.42. The van der Waals surface area contributed by atoms with Gasteiger partial charge in [-0.3, -0.25) is 4.68 Å². The number of rotatable bonds is 3. The van der Waals surface area contributed by atoms with E-state index in [0.29, 0.717) is 11.1 Å².